The minimum Gasteiger partial charge on any atom is -0.0728 e. The average molecular weight is 302 g/mol. The van der Waals surface area contributed by atoms with Gasteiger partial charge in [0.2, 0.25) is 0 Å². The highest BCUT2D eigenvalue weighted by atomic mass is 14.5. The van der Waals surface area contributed by atoms with Gasteiger partial charge in [0.1, 0.15) is 0 Å². The molecule has 4 rings (SSSR count). The first kappa shape index (κ1) is 14.8. The van der Waals surface area contributed by atoms with Crippen LogP contribution in [0, 0.1) is 11.8 Å². The van der Waals surface area contributed by atoms with E-state index in [0.29, 0.717) is 5.92 Å². The Morgan fingerprint density at radius 2 is 1.13 bits per heavy atom. The highest BCUT2D eigenvalue weighted by Gasteiger charge is 2.43. The molecule has 0 aliphatic heterocycles. The number of allylic oxidation sites excluding steroid dienone is 2. The van der Waals surface area contributed by atoms with Gasteiger partial charge in [0.15, 0.2) is 0 Å². The molecule has 2 aliphatic carbocycles. The van der Waals surface area contributed by atoms with Crippen LogP contribution in [0.5, 0.6) is 0 Å². The van der Waals surface area contributed by atoms with E-state index in [1.165, 1.54) is 49.7 Å². The van der Waals surface area contributed by atoms with Crippen LogP contribution in [0.3, 0.4) is 0 Å². The summed E-state index contributed by atoms with van der Waals surface area (Å²) in [7, 11) is 0. The van der Waals surface area contributed by atoms with Crippen LogP contribution in [0.2, 0.25) is 0 Å². The van der Waals surface area contributed by atoms with Crippen molar-refractivity contribution in [2.24, 2.45) is 11.8 Å². The second-order valence-electron chi connectivity index (χ2n) is 7.17. The van der Waals surface area contributed by atoms with Gasteiger partial charge < -0.3 is 0 Å². The lowest BCUT2D eigenvalue weighted by atomic mass is 9.90. The van der Waals surface area contributed by atoms with E-state index < -0.39 is 0 Å². The first-order valence-electron chi connectivity index (χ1n) is 9.25. The van der Waals surface area contributed by atoms with Crippen LogP contribution in [0.25, 0.3) is 0 Å². The van der Waals surface area contributed by atoms with Crippen molar-refractivity contribution in [1.29, 1.82) is 0 Å². The molecule has 0 spiro atoms. The molecular formula is C23H26. The van der Waals surface area contributed by atoms with E-state index in [2.05, 4.69) is 66.7 Å². The Labute approximate surface area is 140 Å². The zero-order chi connectivity index (χ0) is 15.5. The minimum atomic E-state index is 0.417. The van der Waals surface area contributed by atoms with Gasteiger partial charge in [0.25, 0.3) is 0 Å². The van der Waals surface area contributed by atoms with Crippen LogP contribution in [0.1, 0.15) is 55.6 Å². The Morgan fingerprint density at radius 3 is 1.61 bits per heavy atom. The molecule has 0 saturated heterocycles. The third kappa shape index (κ3) is 3.27. The highest BCUT2D eigenvalue weighted by Crippen LogP contribution is 2.54. The lowest BCUT2D eigenvalue weighted by molar-refractivity contribution is 0.485. The zero-order valence-corrected chi connectivity index (χ0v) is 13.8. The SMILES string of the molecule is C(=C1[C@H]2CCCCCC[C@@H]12)C(c1ccccc1)c1ccccc1. The summed E-state index contributed by atoms with van der Waals surface area (Å²) in [5.41, 5.74) is 4.60. The standard InChI is InChI=1S/C23H26/c1-2-10-16-21-20(15-9-1)23(21)17-22(18-11-5-3-6-12-18)19-13-7-4-8-14-19/h3-8,11-14,17,20-22H,1-2,9-10,15-16H2/t20-,21+. The van der Waals surface area contributed by atoms with Crippen molar-refractivity contribution in [2.45, 2.75) is 44.4 Å². The Morgan fingerprint density at radius 1 is 0.652 bits per heavy atom. The molecule has 2 aromatic carbocycles. The molecule has 0 heteroatoms. The fraction of sp³-hybridized carbons (Fsp3) is 0.391. The number of hydrogen-bond donors (Lipinski definition) is 0. The number of benzene rings is 2. The van der Waals surface area contributed by atoms with Crippen molar-refractivity contribution in [3.63, 3.8) is 0 Å². The van der Waals surface area contributed by atoms with Gasteiger partial charge in [0.05, 0.1) is 0 Å². The molecule has 0 radical (unpaired) electrons. The molecule has 118 valence electrons. The number of fused-ring (bicyclic) bond motifs is 1. The van der Waals surface area contributed by atoms with E-state index in [1.54, 1.807) is 5.57 Å². The summed E-state index contributed by atoms with van der Waals surface area (Å²) >= 11 is 0. The third-order valence-corrected chi connectivity index (χ3v) is 5.69. The first-order valence-corrected chi connectivity index (χ1v) is 9.25. The maximum Gasteiger partial charge on any atom is 0.0272 e. The van der Waals surface area contributed by atoms with Gasteiger partial charge in [-0.3, -0.25) is 0 Å². The summed E-state index contributed by atoms with van der Waals surface area (Å²) in [5.74, 6) is 2.20. The van der Waals surface area contributed by atoms with E-state index in [-0.39, 0.29) is 0 Å². The van der Waals surface area contributed by atoms with Crippen molar-refractivity contribution >= 4 is 0 Å². The van der Waals surface area contributed by atoms with Gasteiger partial charge >= 0.3 is 0 Å². The van der Waals surface area contributed by atoms with Crippen LogP contribution < -0.4 is 0 Å². The first-order chi connectivity index (χ1) is 11.4. The largest absolute Gasteiger partial charge is 0.0728 e. The molecule has 0 amide bonds. The average Bonchev–Trinajstić information content (AvgIpc) is 3.23. The molecule has 2 aromatic rings. The molecule has 0 bridgehead atoms. The monoisotopic (exact) mass is 302 g/mol. The van der Waals surface area contributed by atoms with E-state index in [1.807, 2.05) is 0 Å². The van der Waals surface area contributed by atoms with Crippen LogP contribution in [-0.4, -0.2) is 0 Å². The van der Waals surface area contributed by atoms with Crippen molar-refractivity contribution in [2.75, 3.05) is 0 Å². The Balaban J connectivity index is 1.65. The summed E-state index contributed by atoms with van der Waals surface area (Å²) in [5, 5.41) is 0. The normalized spacial score (nSPS) is 25.7. The summed E-state index contributed by atoms with van der Waals surface area (Å²) in [6, 6.07) is 22.0. The summed E-state index contributed by atoms with van der Waals surface area (Å²) in [6.45, 7) is 0. The van der Waals surface area contributed by atoms with Gasteiger partial charge in [-0.15, -0.1) is 0 Å². The lowest BCUT2D eigenvalue weighted by Gasteiger charge is -2.14. The minimum absolute atomic E-state index is 0.417. The molecule has 23 heavy (non-hydrogen) atoms. The van der Waals surface area contributed by atoms with Gasteiger partial charge in [-0.2, -0.15) is 0 Å². The number of hydrogen-bond acceptors (Lipinski definition) is 0. The van der Waals surface area contributed by atoms with Crippen molar-refractivity contribution in [3.05, 3.63) is 83.4 Å². The number of rotatable bonds is 3. The highest BCUT2D eigenvalue weighted by molar-refractivity contribution is 5.42. The molecule has 2 fully saturated rings. The lowest BCUT2D eigenvalue weighted by Crippen LogP contribution is -1.97. The molecule has 0 unspecified atom stereocenters. The maximum atomic E-state index is 2.60. The van der Waals surface area contributed by atoms with Gasteiger partial charge in [-0.25, -0.2) is 0 Å². The smallest absolute Gasteiger partial charge is 0.0272 e. The summed E-state index contributed by atoms with van der Waals surface area (Å²) in [6.07, 6.45) is 11.2. The second-order valence-corrected chi connectivity index (χ2v) is 7.17. The molecule has 0 N–H and O–H groups in total. The summed E-state index contributed by atoms with van der Waals surface area (Å²) < 4.78 is 0. The van der Waals surface area contributed by atoms with Gasteiger partial charge in [0, 0.05) is 5.92 Å². The second kappa shape index (κ2) is 6.74. The Kier molecular flexibility index (Phi) is 4.33. The Hall–Kier alpha value is -1.82. The molecule has 0 aromatic heterocycles. The zero-order valence-electron chi connectivity index (χ0n) is 13.8. The van der Waals surface area contributed by atoms with E-state index >= 15 is 0 Å². The summed E-state index contributed by atoms with van der Waals surface area (Å²) in [4.78, 5) is 0. The third-order valence-electron chi connectivity index (χ3n) is 5.69. The van der Waals surface area contributed by atoms with Crippen LogP contribution in [-0.2, 0) is 0 Å². The fourth-order valence-electron chi connectivity index (χ4n) is 4.37. The molecule has 0 heterocycles. The van der Waals surface area contributed by atoms with E-state index in [4.69, 9.17) is 0 Å². The quantitative estimate of drug-likeness (QED) is 0.580. The molecule has 2 saturated carbocycles. The van der Waals surface area contributed by atoms with Crippen molar-refractivity contribution < 1.29 is 0 Å². The fourth-order valence-corrected chi connectivity index (χ4v) is 4.37. The predicted octanol–water partition coefficient (Wildman–Crippen LogP) is 6.35. The molecule has 2 atom stereocenters. The van der Waals surface area contributed by atoms with Crippen LogP contribution in [0.15, 0.2) is 72.3 Å². The van der Waals surface area contributed by atoms with E-state index in [9.17, 15) is 0 Å². The Bertz CT molecular complexity index is 597. The maximum absolute atomic E-state index is 2.60. The van der Waals surface area contributed by atoms with Crippen LogP contribution in [0.4, 0.5) is 0 Å². The van der Waals surface area contributed by atoms with Gasteiger partial charge in [-0.1, -0.05) is 98.0 Å². The molecule has 2 aliphatic rings. The van der Waals surface area contributed by atoms with Gasteiger partial charge in [-0.05, 0) is 35.8 Å². The van der Waals surface area contributed by atoms with Crippen molar-refractivity contribution in [3.8, 4) is 0 Å². The van der Waals surface area contributed by atoms with Crippen LogP contribution >= 0.6 is 0 Å². The van der Waals surface area contributed by atoms with E-state index in [0.717, 1.165) is 11.8 Å². The molecular weight excluding hydrogens is 276 g/mol. The van der Waals surface area contributed by atoms with Crippen molar-refractivity contribution in [1.82, 2.24) is 0 Å². The topological polar surface area (TPSA) is 0 Å². The predicted molar refractivity (Wildman–Crippen MR) is 97.5 cm³/mol. The molecule has 0 nitrogen and oxygen atoms in total.